The number of likely N-dealkylation sites (tertiary alicyclic amines) is 1. The smallest absolute Gasteiger partial charge is 0.278 e. The topological polar surface area (TPSA) is 527 Å². The predicted molar refractivity (Wildman–Crippen MR) is 539 cm³/mol. The predicted octanol–water partition coefficient (Wildman–Crippen LogP) is 12.2. The normalized spacial score (nSPS) is 11.5. The fraction of sp³-hybridized carbons (Fsp3) is 0.443. The summed E-state index contributed by atoms with van der Waals surface area (Å²) in [6.45, 7) is 34.5. The van der Waals surface area contributed by atoms with Crippen LogP contribution in [0.25, 0.3) is 0 Å². The number of halogens is 4. The second-order valence-corrected chi connectivity index (χ2v) is 42.9. The first-order chi connectivity index (χ1) is 63.5. The van der Waals surface area contributed by atoms with Gasteiger partial charge in [0.25, 0.3) is 53.2 Å². The summed E-state index contributed by atoms with van der Waals surface area (Å²) in [6, 6.07) is 13.9. The summed E-state index contributed by atoms with van der Waals surface area (Å²) in [7, 11) is 3.11. The average Bonchev–Trinajstić information content (AvgIpc) is 1.73. The second kappa shape index (κ2) is 63.4. The van der Waals surface area contributed by atoms with Crippen molar-refractivity contribution in [3.8, 4) is 0 Å². The van der Waals surface area contributed by atoms with E-state index in [4.69, 9.17) is 70.7 Å². The number of aliphatic hydroxyl groups excluding tert-OH is 1. The van der Waals surface area contributed by atoms with Gasteiger partial charge in [-0.2, -0.15) is 4.39 Å². The quantitative estimate of drug-likeness (QED) is 0.0167. The Kier molecular flexibility index (Phi) is 57.3. The zero-order chi connectivity index (χ0) is 103. The summed E-state index contributed by atoms with van der Waals surface area (Å²) in [6.07, 6.45) is 2.43. The lowest BCUT2D eigenvalue weighted by Crippen LogP contribution is -2.34. The number of carbonyl (C=O) groups excluding carboxylic acids is 13. The maximum Gasteiger partial charge on any atom is 0.278 e. The maximum atomic E-state index is 13.2. The van der Waals surface area contributed by atoms with Crippen LogP contribution in [0.15, 0.2) is 75.4 Å². The lowest BCUT2D eigenvalue weighted by atomic mass is 10.2. The Morgan fingerprint density at radius 2 is 0.787 bits per heavy atom. The molecule has 1 fully saturated rings. The number of likely N-dealkylation sites (N-methyl/N-ethyl adjacent to an activating group) is 1. The van der Waals surface area contributed by atoms with Crippen molar-refractivity contribution in [3.05, 3.63) is 193 Å². The molecule has 48 heteroatoms. The van der Waals surface area contributed by atoms with Gasteiger partial charge in [0.05, 0.1) is 82.8 Å². The number of nitrogens with one attached hydrogen (secondary N) is 11. The van der Waals surface area contributed by atoms with E-state index in [9.17, 15) is 82.0 Å². The molecule has 752 valence electrons. The number of hydrogen-bond donors (Lipinski definition) is 17. The first kappa shape index (κ1) is 123. The number of thiophene rings is 9. The zero-order valence-corrected chi connectivity index (χ0v) is 88.5. The fourth-order valence-electron chi connectivity index (χ4n) is 9.74. The Morgan fingerprint density at radius 1 is 0.434 bits per heavy atom. The number of hydroxylamine groups is 4. The minimum Gasteiger partial charge on any atom is -0.391 e. The van der Waals surface area contributed by atoms with Crippen LogP contribution in [0.2, 0.25) is 13.7 Å². The van der Waals surface area contributed by atoms with Gasteiger partial charge in [-0.1, -0.05) is 34.8 Å². The van der Waals surface area contributed by atoms with Gasteiger partial charge in [0.1, 0.15) is 40.0 Å². The van der Waals surface area contributed by atoms with E-state index >= 15 is 0 Å². The summed E-state index contributed by atoms with van der Waals surface area (Å²) in [4.78, 5) is 176. The molecule has 1 aliphatic rings. The molecular formula is C88H122Cl3FN14O21S9. The van der Waals surface area contributed by atoms with Crippen molar-refractivity contribution in [1.29, 1.82) is 0 Å². The largest absolute Gasteiger partial charge is 0.391 e. The van der Waals surface area contributed by atoms with E-state index in [-0.39, 0.29) is 98.8 Å². The number of rotatable bonds is 34. The molecule has 136 heavy (non-hydrogen) atoms. The highest BCUT2D eigenvalue weighted by Crippen LogP contribution is 2.30. The van der Waals surface area contributed by atoms with Gasteiger partial charge in [-0.05, 0) is 247 Å². The third-order valence-electron chi connectivity index (χ3n) is 16.2. The molecule has 0 saturated carbocycles. The van der Waals surface area contributed by atoms with Crippen LogP contribution in [0, 0.1) is 74.4 Å². The number of amides is 13. The van der Waals surface area contributed by atoms with E-state index in [0.29, 0.717) is 85.7 Å². The van der Waals surface area contributed by atoms with Crippen molar-refractivity contribution in [2.45, 2.75) is 166 Å². The van der Waals surface area contributed by atoms with Crippen LogP contribution < -0.4 is 70.6 Å². The van der Waals surface area contributed by atoms with E-state index in [0.717, 1.165) is 78.3 Å². The van der Waals surface area contributed by atoms with Crippen molar-refractivity contribution in [2.75, 3.05) is 92.9 Å². The molecule has 10 rings (SSSR count). The van der Waals surface area contributed by atoms with Crippen molar-refractivity contribution < 1.29 is 106 Å². The summed E-state index contributed by atoms with van der Waals surface area (Å²) >= 11 is 29.8. The standard InChI is InChI=1S/C12H17ClN2OS.C11H17NO3S.C10H14ClNO3S.C10H14FNO3S.C10H14N2O2S.C9H12ClNO3S.2C9H12N2O2S.C8H10N2O2S/c1-9-8-17-11(10(9)13)12(16)14-4-7-15-5-2-3-6-15;1-7-5-9(8(2)16-7)10(13)12-15-6-11(3,4)14;2*1-6-4-7(8(11)16-6)9(13)12-15-5-10(2,3)14;1-7-5-8(15-6-7)10(14)12-4-3-9(13)11-2;1-5(12)4-14-11-9(13)7-3-6(2)15-8(7)10;1-6-3-7(14-5-6)9(13)11-4-8(12)10-2;1-6-4-7(14-5-6)9(13)11-3-2-8(10)12;1-5-2-6(13-4-5)8(12)10-3-7(9)11/h8H,2-7H2,1H3,(H,14,16);5,14H,6H2,1-4H3,(H,12,13);2*4,14H,5H2,1-3H3,(H,12,13);5-6H,3-4H2,1-2H3,(H,11,13)(H,12,14);3,5,12H,4H2,1-2H3,(H,11,13);3,5H,4H2,1-2H3,(H,10,12)(H,11,13);4-5H,2-3H2,1H3,(H2,10,12)(H,11,13);2,4H,3H2,1H3,(H2,9,11)(H,10,12)/t;;;;;5-;;;/m.....0.../s1. The van der Waals surface area contributed by atoms with Crippen LogP contribution in [-0.4, -0.2) is 218 Å². The third kappa shape index (κ3) is 53.1. The third-order valence-corrected chi connectivity index (χ3v) is 26.5. The summed E-state index contributed by atoms with van der Waals surface area (Å²) in [5, 5.41) is 64.6. The highest BCUT2D eigenvalue weighted by Gasteiger charge is 2.23. The van der Waals surface area contributed by atoms with Gasteiger partial charge >= 0.3 is 0 Å². The summed E-state index contributed by atoms with van der Waals surface area (Å²) < 4.78 is 14.0. The number of nitrogens with two attached hydrogens (primary N) is 2. The highest BCUT2D eigenvalue weighted by atomic mass is 35.5. The zero-order valence-electron chi connectivity index (χ0n) is 78.9. The van der Waals surface area contributed by atoms with Crippen LogP contribution >= 0.6 is 137 Å². The van der Waals surface area contributed by atoms with Gasteiger partial charge in [0, 0.05) is 77.5 Å². The van der Waals surface area contributed by atoms with Crippen molar-refractivity contribution >= 4 is 214 Å². The van der Waals surface area contributed by atoms with Crippen LogP contribution in [0.1, 0.15) is 216 Å². The van der Waals surface area contributed by atoms with Gasteiger partial charge in [-0.3, -0.25) is 81.7 Å². The first-order valence-electron chi connectivity index (χ1n) is 41.5. The Morgan fingerprint density at radius 3 is 1.11 bits per heavy atom. The lowest BCUT2D eigenvalue weighted by molar-refractivity contribution is -0.121. The number of primary amides is 2. The van der Waals surface area contributed by atoms with Crippen LogP contribution in [0.3, 0.4) is 0 Å². The highest BCUT2D eigenvalue weighted by molar-refractivity contribution is 7.17. The van der Waals surface area contributed by atoms with Crippen LogP contribution in [0.4, 0.5) is 4.39 Å². The van der Waals surface area contributed by atoms with Crippen molar-refractivity contribution in [1.82, 2.24) is 64.0 Å². The van der Waals surface area contributed by atoms with E-state index in [2.05, 4.69) is 64.0 Å². The van der Waals surface area contributed by atoms with E-state index < -0.39 is 57.6 Å². The molecular weight excluding hydrogens is 2000 g/mol. The molecule has 0 aromatic carbocycles. The molecule has 10 heterocycles. The lowest BCUT2D eigenvalue weighted by Gasteiger charge is -2.16. The van der Waals surface area contributed by atoms with E-state index in [1.807, 2.05) is 107 Å². The Bertz CT molecular complexity index is 5150. The molecule has 0 unspecified atom stereocenters. The molecule has 1 aliphatic heterocycles. The second-order valence-electron chi connectivity index (χ2n) is 31.6. The fourth-order valence-corrected chi connectivity index (χ4v) is 18.3. The van der Waals surface area contributed by atoms with Gasteiger partial charge in [-0.15, -0.1) is 102 Å². The molecule has 0 bridgehead atoms. The Labute approximate surface area is 841 Å². The molecule has 9 aromatic heterocycles. The SMILES string of the molecule is CNC(=O)CCNC(=O)c1cc(C)cs1.CNC(=O)CNC(=O)c1cc(C)cs1.Cc1cc(C(=O)NOCC(C)(C)O)c(C)s1.Cc1cc(C(=O)NOCC(C)(C)O)c(Cl)s1.Cc1cc(C(=O)NOCC(C)(C)O)c(F)s1.Cc1cc(C(=O)NOC[C@H](C)O)c(Cl)s1.Cc1csc(C(=O)NCC(N)=O)c1.Cc1csc(C(=O)NCCC(N)=O)c1.Cc1csc(C(=O)NCCN2CCCC2)c1Cl. The van der Waals surface area contributed by atoms with E-state index in [1.165, 1.54) is 119 Å². The molecule has 1 atom stereocenters. The van der Waals surface area contributed by atoms with Crippen molar-refractivity contribution in [2.24, 2.45) is 11.5 Å². The first-order valence-corrected chi connectivity index (χ1v) is 50.3. The molecule has 35 nitrogen and oxygen atoms in total. The molecule has 0 spiro atoms. The van der Waals surface area contributed by atoms with Crippen LogP contribution in [0.5, 0.6) is 0 Å². The number of nitrogens with zero attached hydrogens (tertiary/aromatic N) is 1. The number of carbonyl (C=O) groups is 13. The molecule has 19 N–H and O–H groups in total. The molecule has 0 aliphatic carbocycles. The summed E-state index contributed by atoms with van der Waals surface area (Å²) in [5.41, 5.74) is 22.2. The van der Waals surface area contributed by atoms with Gasteiger partial charge < -0.3 is 74.0 Å². The molecule has 1 saturated heterocycles. The Hall–Kier alpha value is -9.15. The molecule has 9 aromatic rings. The molecule has 13 amide bonds. The minimum atomic E-state index is -1.05. The number of aliphatic hydroxyl groups is 4. The monoisotopic (exact) mass is 2120 g/mol. The summed E-state index contributed by atoms with van der Waals surface area (Å²) in [5.74, 6) is -3.71. The van der Waals surface area contributed by atoms with E-state index in [1.54, 1.807) is 84.2 Å². The van der Waals surface area contributed by atoms with Crippen LogP contribution in [-0.2, 0) is 38.5 Å². The van der Waals surface area contributed by atoms with Gasteiger partial charge in [0.2, 0.25) is 23.6 Å². The molecule has 0 radical (unpaired) electrons. The number of aryl methyl sites for hydroxylation is 10. The average molecular weight is 2130 g/mol. The number of hydrogen-bond acceptors (Lipinski definition) is 31. The van der Waals surface area contributed by atoms with Gasteiger partial charge in [-0.25, -0.2) is 21.9 Å². The maximum absolute atomic E-state index is 13.2. The minimum absolute atomic E-state index is 0.0134. The van der Waals surface area contributed by atoms with Gasteiger partial charge in [0.15, 0.2) is 5.13 Å². The van der Waals surface area contributed by atoms with Crippen molar-refractivity contribution in [3.63, 3.8) is 0 Å². The Balaban J connectivity index is 0.000000518.